The summed E-state index contributed by atoms with van der Waals surface area (Å²) in [5.41, 5.74) is 0. The molecule has 0 heteroatoms. The fourth-order valence-corrected chi connectivity index (χ4v) is 1.53. The average Bonchev–Trinajstić information content (AvgIpc) is 2.18. The highest BCUT2D eigenvalue weighted by Crippen LogP contribution is 2.21. The van der Waals surface area contributed by atoms with Crippen molar-refractivity contribution in [2.45, 2.75) is 66.2 Å². The van der Waals surface area contributed by atoms with Crippen molar-refractivity contribution in [1.29, 1.82) is 0 Å². The van der Waals surface area contributed by atoms with Crippen LogP contribution in [-0.4, -0.2) is 0 Å². The third-order valence-electron chi connectivity index (χ3n) is 2.85. The molecule has 14 heavy (non-hydrogen) atoms. The van der Waals surface area contributed by atoms with E-state index in [0.29, 0.717) is 0 Å². The monoisotopic (exact) mass is 195 g/mol. The number of hydrogen-bond donors (Lipinski definition) is 0. The summed E-state index contributed by atoms with van der Waals surface area (Å²) < 4.78 is 0. The molecule has 0 aliphatic carbocycles. The molecule has 0 heterocycles. The molecule has 1 radical (unpaired) electrons. The largest absolute Gasteiger partial charge is 0.0880 e. The Kier molecular flexibility index (Phi) is 9.13. The lowest BCUT2D eigenvalue weighted by molar-refractivity contribution is 0.524. The zero-order valence-electron chi connectivity index (χ0n) is 10.5. The van der Waals surface area contributed by atoms with Crippen molar-refractivity contribution in [2.24, 2.45) is 5.92 Å². The summed E-state index contributed by atoms with van der Waals surface area (Å²) in [5.74, 6) is 2.32. The molecule has 0 aromatic heterocycles. The summed E-state index contributed by atoms with van der Waals surface area (Å²) in [6.07, 6.45) is 12.6. The first-order valence-corrected chi connectivity index (χ1v) is 6.22. The number of allylic oxidation sites excluding steroid dienone is 2. The summed E-state index contributed by atoms with van der Waals surface area (Å²) in [5, 5.41) is 0. The molecule has 0 aliphatic heterocycles. The van der Waals surface area contributed by atoms with Gasteiger partial charge in [0.25, 0.3) is 0 Å². The predicted octanol–water partition coefficient (Wildman–Crippen LogP) is 5.15. The molecule has 0 aromatic carbocycles. The Bertz CT molecular complexity index is 135. The van der Waals surface area contributed by atoms with Crippen molar-refractivity contribution in [1.82, 2.24) is 0 Å². The highest BCUT2D eigenvalue weighted by Gasteiger charge is 2.08. The molecule has 0 saturated carbocycles. The van der Waals surface area contributed by atoms with Crippen LogP contribution in [0.1, 0.15) is 66.2 Å². The van der Waals surface area contributed by atoms with E-state index >= 15 is 0 Å². The summed E-state index contributed by atoms with van der Waals surface area (Å²) in [6, 6.07) is 0. The van der Waals surface area contributed by atoms with Gasteiger partial charge in [-0.2, -0.15) is 0 Å². The molecule has 0 saturated heterocycles. The van der Waals surface area contributed by atoms with Crippen LogP contribution in [-0.2, 0) is 0 Å². The molecule has 0 amide bonds. The van der Waals surface area contributed by atoms with Crippen LogP contribution in [0.25, 0.3) is 0 Å². The van der Waals surface area contributed by atoms with Gasteiger partial charge in [0.05, 0.1) is 0 Å². The van der Waals surface area contributed by atoms with E-state index in [0.717, 1.165) is 5.92 Å². The maximum absolute atomic E-state index is 2.35. The van der Waals surface area contributed by atoms with Crippen molar-refractivity contribution in [2.75, 3.05) is 0 Å². The van der Waals surface area contributed by atoms with Gasteiger partial charge in [-0.05, 0) is 24.7 Å². The summed E-state index contributed by atoms with van der Waals surface area (Å²) >= 11 is 0. The SMILES string of the molecule is CCCC=C[C](C)C(C)CCCCC. The number of rotatable bonds is 8. The van der Waals surface area contributed by atoms with Crippen molar-refractivity contribution in [3.8, 4) is 0 Å². The quantitative estimate of drug-likeness (QED) is 0.470. The Hall–Kier alpha value is -0.260. The normalized spacial score (nSPS) is 14.1. The van der Waals surface area contributed by atoms with Crippen LogP contribution in [0.3, 0.4) is 0 Å². The molecule has 0 aliphatic rings. The summed E-state index contributed by atoms with van der Waals surface area (Å²) in [6.45, 7) is 9.11. The average molecular weight is 195 g/mol. The standard InChI is InChI=1S/C14H27/c1-5-7-9-11-13(3)14(4)12-10-8-6-2/h9,11,14H,5-8,10,12H2,1-4H3. The third kappa shape index (κ3) is 7.17. The molecular formula is C14H27. The predicted molar refractivity (Wildman–Crippen MR) is 66.3 cm³/mol. The Morgan fingerprint density at radius 1 is 1.14 bits per heavy atom. The van der Waals surface area contributed by atoms with Gasteiger partial charge in [-0.1, -0.05) is 65.5 Å². The lowest BCUT2D eigenvalue weighted by atomic mass is 9.90. The van der Waals surface area contributed by atoms with Crippen LogP contribution >= 0.6 is 0 Å². The lowest BCUT2D eigenvalue weighted by Gasteiger charge is -2.15. The highest BCUT2D eigenvalue weighted by atomic mass is 14.1. The topological polar surface area (TPSA) is 0 Å². The zero-order valence-corrected chi connectivity index (χ0v) is 10.5. The molecule has 0 nitrogen and oxygen atoms in total. The van der Waals surface area contributed by atoms with Gasteiger partial charge in [-0.3, -0.25) is 0 Å². The minimum Gasteiger partial charge on any atom is -0.0880 e. The van der Waals surface area contributed by atoms with Crippen LogP contribution in [0, 0.1) is 11.8 Å². The van der Waals surface area contributed by atoms with Gasteiger partial charge in [0.1, 0.15) is 0 Å². The summed E-state index contributed by atoms with van der Waals surface area (Å²) in [4.78, 5) is 0. The Morgan fingerprint density at radius 3 is 2.43 bits per heavy atom. The van der Waals surface area contributed by atoms with E-state index in [1.807, 2.05) is 0 Å². The Morgan fingerprint density at radius 2 is 1.86 bits per heavy atom. The molecule has 1 atom stereocenters. The Labute approximate surface area is 90.8 Å². The van der Waals surface area contributed by atoms with Gasteiger partial charge < -0.3 is 0 Å². The van der Waals surface area contributed by atoms with E-state index in [2.05, 4.69) is 39.8 Å². The first kappa shape index (κ1) is 13.7. The van der Waals surface area contributed by atoms with Gasteiger partial charge in [-0.15, -0.1) is 0 Å². The first-order chi connectivity index (χ1) is 6.72. The van der Waals surface area contributed by atoms with Gasteiger partial charge in [0.15, 0.2) is 0 Å². The first-order valence-electron chi connectivity index (χ1n) is 6.22. The molecule has 0 spiro atoms. The maximum atomic E-state index is 2.35. The molecule has 0 fully saturated rings. The minimum atomic E-state index is 0.773. The van der Waals surface area contributed by atoms with Gasteiger partial charge in [-0.25, -0.2) is 0 Å². The van der Waals surface area contributed by atoms with Crippen LogP contribution in [0.4, 0.5) is 0 Å². The molecule has 0 bridgehead atoms. The molecular weight excluding hydrogens is 168 g/mol. The zero-order chi connectivity index (χ0) is 10.8. The minimum absolute atomic E-state index is 0.773. The van der Waals surface area contributed by atoms with Gasteiger partial charge >= 0.3 is 0 Å². The van der Waals surface area contributed by atoms with Gasteiger partial charge in [0.2, 0.25) is 0 Å². The lowest BCUT2D eigenvalue weighted by Crippen LogP contribution is -2.02. The molecule has 0 aromatic rings. The summed E-state index contributed by atoms with van der Waals surface area (Å²) in [7, 11) is 0. The third-order valence-corrected chi connectivity index (χ3v) is 2.85. The smallest absolute Gasteiger partial charge is 0.00301 e. The number of hydrogen-bond acceptors (Lipinski definition) is 0. The molecule has 0 N–H and O–H groups in total. The molecule has 1 unspecified atom stereocenters. The Balaban J connectivity index is 3.58. The van der Waals surface area contributed by atoms with Crippen LogP contribution in [0.15, 0.2) is 12.2 Å². The van der Waals surface area contributed by atoms with E-state index in [4.69, 9.17) is 0 Å². The van der Waals surface area contributed by atoms with Crippen LogP contribution < -0.4 is 0 Å². The maximum Gasteiger partial charge on any atom is -0.00301 e. The second kappa shape index (κ2) is 9.30. The fourth-order valence-electron chi connectivity index (χ4n) is 1.53. The van der Waals surface area contributed by atoms with Crippen LogP contribution in [0.2, 0.25) is 0 Å². The molecule has 83 valence electrons. The van der Waals surface area contributed by atoms with Crippen molar-refractivity contribution >= 4 is 0 Å². The van der Waals surface area contributed by atoms with Gasteiger partial charge in [0, 0.05) is 0 Å². The van der Waals surface area contributed by atoms with Crippen molar-refractivity contribution in [3.05, 3.63) is 18.1 Å². The van der Waals surface area contributed by atoms with E-state index in [1.165, 1.54) is 38.5 Å². The van der Waals surface area contributed by atoms with Crippen molar-refractivity contribution < 1.29 is 0 Å². The second-order valence-electron chi connectivity index (χ2n) is 4.33. The van der Waals surface area contributed by atoms with E-state index in [1.54, 1.807) is 5.92 Å². The fraction of sp³-hybridized carbons (Fsp3) is 0.786. The highest BCUT2D eigenvalue weighted by molar-refractivity contribution is 5.09. The van der Waals surface area contributed by atoms with E-state index < -0.39 is 0 Å². The van der Waals surface area contributed by atoms with E-state index in [9.17, 15) is 0 Å². The second-order valence-corrected chi connectivity index (χ2v) is 4.33. The van der Waals surface area contributed by atoms with E-state index in [-0.39, 0.29) is 0 Å². The molecule has 0 rings (SSSR count). The van der Waals surface area contributed by atoms with Crippen LogP contribution in [0.5, 0.6) is 0 Å². The number of unbranched alkanes of at least 4 members (excludes halogenated alkanes) is 3. The van der Waals surface area contributed by atoms with Crippen molar-refractivity contribution in [3.63, 3.8) is 0 Å².